The second kappa shape index (κ2) is 9.34. The highest BCUT2D eigenvalue weighted by Crippen LogP contribution is 2.25. The van der Waals surface area contributed by atoms with Crippen LogP contribution in [0.3, 0.4) is 0 Å². The van der Waals surface area contributed by atoms with Gasteiger partial charge in [0.05, 0.1) is 6.04 Å². The normalized spacial score (nSPS) is 16.9. The lowest BCUT2D eigenvalue weighted by molar-refractivity contribution is -0.127. The van der Waals surface area contributed by atoms with E-state index in [1.807, 2.05) is 32.9 Å². The molecule has 0 bridgehead atoms. The van der Waals surface area contributed by atoms with Gasteiger partial charge in [-0.1, -0.05) is 36.8 Å². The molecule has 4 nitrogen and oxygen atoms in total. The molecule has 29 heavy (non-hydrogen) atoms. The van der Waals surface area contributed by atoms with Gasteiger partial charge in [-0.3, -0.25) is 4.79 Å². The number of rotatable bonds is 6. The Morgan fingerprint density at radius 1 is 1.07 bits per heavy atom. The third-order valence-electron chi connectivity index (χ3n) is 5.90. The van der Waals surface area contributed by atoms with E-state index < -0.39 is 6.10 Å². The van der Waals surface area contributed by atoms with Crippen LogP contribution in [-0.2, 0) is 4.79 Å². The molecule has 4 heteroatoms. The van der Waals surface area contributed by atoms with Crippen LogP contribution in [0.5, 0.6) is 5.75 Å². The lowest BCUT2D eigenvalue weighted by Gasteiger charge is -2.32. The van der Waals surface area contributed by atoms with Gasteiger partial charge in [0, 0.05) is 18.8 Å². The molecule has 1 fully saturated rings. The quantitative estimate of drug-likeness (QED) is 0.733. The van der Waals surface area contributed by atoms with Crippen LogP contribution in [-0.4, -0.2) is 25.1 Å². The molecule has 156 valence electrons. The summed E-state index contributed by atoms with van der Waals surface area (Å²) in [6.07, 6.45) is 1.97. The molecule has 1 N–H and O–H groups in total. The van der Waals surface area contributed by atoms with Crippen LogP contribution in [0.2, 0.25) is 0 Å². The van der Waals surface area contributed by atoms with Gasteiger partial charge < -0.3 is 15.0 Å². The second-order valence-electron chi connectivity index (χ2n) is 8.52. The minimum Gasteiger partial charge on any atom is -0.481 e. The number of benzene rings is 2. The standard InChI is InChI=1S/C25H34N2O2/c1-17-12-14-27(15-13-17)23-9-7-22(8-10-23)20(4)26-25(28)21(5)29-24-11-6-18(2)16-19(24)3/h6-11,16-17,20-21H,12-15H2,1-5H3,(H,26,28). The second-order valence-corrected chi connectivity index (χ2v) is 8.52. The summed E-state index contributed by atoms with van der Waals surface area (Å²) in [5, 5.41) is 3.07. The third-order valence-corrected chi connectivity index (χ3v) is 5.90. The Morgan fingerprint density at radius 2 is 1.72 bits per heavy atom. The minimum absolute atomic E-state index is 0.0666. The summed E-state index contributed by atoms with van der Waals surface area (Å²) < 4.78 is 5.89. The summed E-state index contributed by atoms with van der Waals surface area (Å²) >= 11 is 0. The lowest BCUT2D eigenvalue weighted by Crippen LogP contribution is -2.38. The average Bonchev–Trinajstić information content (AvgIpc) is 2.70. The van der Waals surface area contributed by atoms with E-state index in [0.29, 0.717) is 0 Å². The van der Waals surface area contributed by atoms with Crippen molar-refractivity contribution in [2.75, 3.05) is 18.0 Å². The number of hydrogen-bond acceptors (Lipinski definition) is 3. The SMILES string of the molecule is Cc1ccc(OC(C)C(=O)NC(C)c2ccc(N3CCC(C)CC3)cc2)c(C)c1. The molecule has 2 unspecified atom stereocenters. The van der Waals surface area contributed by atoms with E-state index >= 15 is 0 Å². The van der Waals surface area contributed by atoms with Gasteiger partial charge in [-0.15, -0.1) is 0 Å². The lowest BCUT2D eigenvalue weighted by atomic mass is 9.98. The zero-order valence-corrected chi connectivity index (χ0v) is 18.4. The number of piperidine rings is 1. The fraction of sp³-hybridized carbons (Fsp3) is 0.480. The number of nitrogens with zero attached hydrogens (tertiary/aromatic N) is 1. The highest BCUT2D eigenvalue weighted by molar-refractivity contribution is 5.81. The minimum atomic E-state index is -0.548. The van der Waals surface area contributed by atoms with E-state index in [-0.39, 0.29) is 11.9 Å². The molecule has 1 heterocycles. The van der Waals surface area contributed by atoms with E-state index in [2.05, 4.69) is 47.5 Å². The van der Waals surface area contributed by atoms with Crippen LogP contribution in [0.15, 0.2) is 42.5 Å². The van der Waals surface area contributed by atoms with Gasteiger partial charge >= 0.3 is 0 Å². The Labute approximate surface area is 175 Å². The van der Waals surface area contributed by atoms with E-state index in [0.717, 1.165) is 35.9 Å². The smallest absolute Gasteiger partial charge is 0.261 e. The molecule has 2 atom stereocenters. The molecule has 0 aromatic heterocycles. The molecule has 0 spiro atoms. The Hall–Kier alpha value is -2.49. The van der Waals surface area contributed by atoms with E-state index in [1.54, 1.807) is 6.92 Å². The summed E-state index contributed by atoms with van der Waals surface area (Å²) in [6.45, 7) is 12.4. The van der Waals surface area contributed by atoms with Crippen LogP contribution in [0.4, 0.5) is 5.69 Å². The van der Waals surface area contributed by atoms with Crippen molar-refractivity contribution < 1.29 is 9.53 Å². The van der Waals surface area contributed by atoms with Gasteiger partial charge in [0.2, 0.25) is 0 Å². The molecule has 1 amide bonds. The monoisotopic (exact) mass is 394 g/mol. The molecule has 2 aromatic rings. The van der Waals surface area contributed by atoms with E-state index in [9.17, 15) is 4.79 Å². The molecule has 1 aliphatic heterocycles. The van der Waals surface area contributed by atoms with Crippen LogP contribution in [0.1, 0.15) is 56.3 Å². The van der Waals surface area contributed by atoms with Gasteiger partial charge in [-0.2, -0.15) is 0 Å². The zero-order valence-electron chi connectivity index (χ0n) is 18.4. The largest absolute Gasteiger partial charge is 0.481 e. The number of hydrogen-bond donors (Lipinski definition) is 1. The van der Waals surface area contributed by atoms with Gasteiger partial charge in [0.25, 0.3) is 5.91 Å². The van der Waals surface area contributed by atoms with Crippen molar-refractivity contribution in [2.45, 2.75) is 59.6 Å². The predicted octanol–water partition coefficient (Wildman–Crippen LogP) is 5.18. The van der Waals surface area contributed by atoms with Crippen molar-refractivity contribution in [3.05, 3.63) is 59.2 Å². The number of aryl methyl sites for hydroxylation is 2. The van der Waals surface area contributed by atoms with Crippen LogP contribution < -0.4 is 15.0 Å². The maximum Gasteiger partial charge on any atom is 0.261 e. The van der Waals surface area contributed by atoms with E-state index in [4.69, 9.17) is 4.74 Å². The molecule has 0 saturated carbocycles. The van der Waals surface area contributed by atoms with Gasteiger partial charge in [0.1, 0.15) is 5.75 Å². The Morgan fingerprint density at radius 3 is 2.34 bits per heavy atom. The topological polar surface area (TPSA) is 41.6 Å². The van der Waals surface area contributed by atoms with Crippen LogP contribution >= 0.6 is 0 Å². The first-order chi connectivity index (χ1) is 13.8. The van der Waals surface area contributed by atoms with E-state index in [1.165, 1.54) is 24.1 Å². The molecule has 1 saturated heterocycles. The fourth-order valence-corrected chi connectivity index (χ4v) is 3.83. The van der Waals surface area contributed by atoms with Crippen molar-refractivity contribution in [1.29, 1.82) is 0 Å². The first-order valence-corrected chi connectivity index (χ1v) is 10.7. The van der Waals surface area contributed by atoms with Gasteiger partial charge in [0.15, 0.2) is 6.10 Å². The molecule has 0 radical (unpaired) electrons. The van der Waals surface area contributed by atoms with Crippen LogP contribution in [0.25, 0.3) is 0 Å². The zero-order chi connectivity index (χ0) is 21.0. The van der Waals surface area contributed by atoms with Crippen molar-refractivity contribution in [3.8, 4) is 5.75 Å². The Kier molecular flexibility index (Phi) is 6.83. The summed E-state index contributed by atoms with van der Waals surface area (Å²) in [7, 11) is 0. The molecule has 2 aromatic carbocycles. The highest BCUT2D eigenvalue weighted by atomic mass is 16.5. The third kappa shape index (κ3) is 5.53. The number of anilines is 1. The Balaban J connectivity index is 1.56. The molecule has 1 aliphatic rings. The number of ether oxygens (including phenoxy) is 1. The Bertz CT molecular complexity index is 823. The molecular formula is C25H34N2O2. The number of amides is 1. The summed E-state index contributed by atoms with van der Waals surface area (Å²) in [4.78, 5) is 15.1. The molecule has 0 aliphatic carbocycles. The number of carbonyl (C=O) groups excluding carboxylic acids is 1. The average molecular weight is 395 g/mol. The molecule has 3 rings (SSSR count). The maximum absolute atomic E-state index is 12.6. The summed E-state index contributed by atoms with van der Waals surface area (Å²) in [5.41, 5.74) is 4.60. The van der Waals surface area contributed by atoms with Crippen molar-refractivity contribution in [3.63, 3.8) is 0 Å². The van der Waals surface area contributed by atoms with Gasteiger partial charge in [-0.25, -0.2) is 0 Å². The van der Waals surface area contributed by atoms with Crippen LogP contribution in [0, 0.1) is 19.8 Å². The number of carbonyl (C=O) groups is 1. The van der Waals surface area contributed by atoms with Crippen molar-refractivity contribution in [2.24, 2.45) is 5.92 Å². The maximum atomic E-state index is 12.6. The van der Waals surface area contributed by atoms with Crippen molar-refractivity contribution >= 4 is 11.6 Å². The summed E-state index contributed by atoms with van der Waals surface area (Å²) in [6, 6.07) is 14.5. The number of nitrogens with one attached hydrogen (secondary N) is 1. The fourth-order valence-electron chi connectivity index (χ4n) is 3.83. The summed E-state index contributed by atoms with van der Waals surface area (Å²) in [5.74, 6) is 1.48. The molecular weight excluding hydrogens is 360 g/mol. The first-order valence-electron chi connectivity index (χ1n) is 10.7. The first kappa shape index (κ1) is 21.2. The highest BCUT2D eigenvalue weighted by Gasteiger charge is 2.19. The van der Waals surface area contributed by atoms with Gasteiger partial charge in [-0.05, 0) is 75.8 Å². The van der Waals surface area contributed by atoms with Crippen molar-refractivity contribution in [1.82, 2.24) is 5.32 Å². The predicted molar refractivity (Wildman–Crippen MR) is 120 cm³/mol.